The first-order valence-corrected chi connectivity index (χ1v) is 7.47. The number of para-hydroxylation sites is 2. The molecule has 0 radical (unpaired) electrons. The molecule has 0 saturated heterocycles. The van der Waals surface area contributed by atoms with Crippen LogP contribution < -0.4 is 10.9 Å². The molecule has 116 valence electrons. The number of nitrogens with one attached hydrogen (secondary N) is 1. The minimum absolute atomic E-state index is 0.252. The highest BCUT2D eigenvalue weighted by Gasteiger charge is 2.18. The molecule has 0 aliphatic rings. The number of halogens is 1. The van der Waals surface area contributed by atoms with Gasteiger partial charge in [0, 0.05) is 0 Å². The number of benzene rings is 2. The lowest BCUT2D eigenvalue weighted by molar-refractivity contribution is -0.118. The fraction of sp³-hybridized carbons (Fsp3) is 0.118. The van der Waals surface area contributed by atoms with E-state index in [0.717, 1.165) is 0 Å². The van der Waals surface area contributed by atoms with Gasteiger partial charge in [-0.05, 0) is 31.2 Å². The van der Waals surface area contributed by atoms with Gasteiger partial charge in [-0.25, -0.2) is 4.98 Å². The lowest BCUT2D eigenvalue weighted by Gasteiger charge is -2.15. The molecule has 0 bridgehead atoms. The number of aromatic nitrogens is 2. The smallest absolute Gasteiger partial charge is 0.261 e. The summed E-state index contributed by atoms with van der Waals surface area (Å²) >= 11 is 6.03. The second-order valence-corrected chi connectivity index (χ2v) is 5.53. The van der Waals surface area contributed by atoms with Gasteiger partial charge in [-0.1, -0.05) is 35.9 Å². The SMILES string of the molecule is C[C@H](C(=O)Nc1ccccc1Cl)n1cnc2ccccc2c1=O. The highest BCUT2D eigenvalue weighted by Crippen LogP contribution is 2.21. The maximum atomic E-state index is 12.5. The third-order valence-corrected chi connectivity index (χ3v) is 3.95. The molecule has 0 aliphatic heterocycles. The zero-order valence-corrected chi connectivity index (χ0v) is 13.1. The number of nitrogens with zero attached hydrogens (tertiary/aromatic N) is 2. The van der Waals surface area contributed by atoms with Crippen molar-refractivity contribution < 1.29 is 4.79 Å². The standard InChI is InChI=1S/C17H14ClN3O2/c1-11(16(22)20-15-9-5-3-7-13(15)18)21-10-19-14-8-4-2-6-12(14)17(21)23/h2-11H,1H3,(H,20,22)/t11-/m1/s1. The number of fused-ring (bicyclic) bond motifs is 1. The van der Waals surface area contributed by atoms with Crippen LogP contribution in [-0.4, -0.2) is 15.5 Å². The Hall–Kier alpha value is -2.66. The number of carbonyl (C=O) groups excluding carboxylic acids is 1. The Morgan fingerprint density at radius 1 is 1.17 bits per heavy atom. The summed E-state index contributed by atoms with van der Waals surface area (Å²) in [6.45, 7) is 1.64. The molecule has 0 aliphatic carbocycles. The summed E-state index contributed by atoms with van der Waals surface area (Å²) in [7, 11) is 0. The summed E-state index contributed by atoms with van der Waals surface area (Å²) in [5, 5.41) is 3.65. The molecule has 0 saturated carbocycles. The molecule has 1 aromatic heterocycles. The van der Waals surface area contributed by atoms with E-state index < -0.39 is 6.04 Å². The van der Waals surface area contributed by atoms with E-state index in [1.54, 1.807) is 49.4 Å². The van der Waals surface area contributed by atoms with E-state index in [9.17, 15) is 9.59 Å². The predicted molar refractivity (Wildman–Crippen MR) is 90.8 cm³/mol. The maximum Gasteiger partial charge on any atom is 0.261 e. The molecule has 1 amide bonds. The van der Waals surface area contributed by atoms with E-state index in [1.165, 1.54) is 10.9 Å². The van der Waals surface area contributed by atoms with E-state index in [-0.39, 0.29) is 11.5 Å². The van der Waals surface area contributed by atoms with E-state index in [0.29, 0.717) is 21.6 Å². The number of hydrogen-bond donors (Lipinski definition) is 1. The van der Waals surface area contributed by atoms with E-state index in [2.05, 4.69) is 10.3 Å². The third-order valence-electron chi connectivity index (χ3n) is 3.62. The molecular weight excluding hydrogens is 314 g/mol. The topological polar surface area (TPSA) is 64.0 Å². The Morgan fingerprint density at radius 2 is 1.87 bits per heavy atom. The van der Waals surface area contributed by atoms with Crippen LogP contribution in [0.25, 0.3) is 10.9 Å². The third kappa shape index (κ3) is 2.96. The maximum absolute atomic E-state index is 12.5. The molecule has 6 heteroatoms. The Balaban J connectivity index is 1.92. The summed E-state index contributed by atoms with van der Waals surface area (Å²) in [4.78, 5) is 29.1. The Morgan fingerprint density at radius 3 is 2.65 bits per heavy atom. The average Bonchev–Trinajstić information content (AvgIpc) is 2.57. The molecule has 0 fully saturated rings. The van der Waals surface area contributed by atoms with Crippen LogP contribution in [0.4, 0.5) is 5.69 Å². The zero-order valence-electron chi connectivity index (χ0n) is 12.4. The Kier molecular flexibility index (Phi) is 4.12. The quantitative estimate of drug-likeness (QED) is 0.803. The van der Waals surface area contributed by atoms with Crippen molar-refractivity contribution >= 4 is 34.1 Å². The minimum atomic E-state index is -0.712. The van der Waals surface area contributed by atoms with Gasteiger partial charge in [0.05, 0.1) is 27.9 Å². The number of carbonyl (C=O) groups is 1. The van der Waals surface area contributed by atoms with Crippen molar-refractivity contribution in [2.24, 2.45) is 0 Å². The molecule has 3 rings (SSSR count). The fourth-order valence-electron chi connectivity index (χ4n) is 2.28. The van der Waals surface area contributed by atoms with Gasteiger partial charge in [0.1, 0.15) is 6.04 Å². The lowest BCUT2D eigenvalue weighted by Crippen LogP contribution is -2.31. The van der Waals surface area contributed by atoms with Crippen molar-refractivity contribution in [2.45, 2.75) is 13.0 Å². The fourth-order valence-corrected chi connectivity index (χ4v) is 2.47. The van der Waals surface area contributed by atoms with E-state index in [4.69, 9.17) is 11.6 Å². The van der Waals surface area contributed by atoms with Gasteiger partial charge in [0.15, 0.2) is 0 Å². The van der Waals surface area contributed by atoms with Gasteiger partial charge in [0.2, 0.25) is 5.91 Å². The van der Waals surface area contributed by atoms with Crippen LogP contribution in [0.5, 0.6) is 0 Å². The van der Waals surface area contributed by atoms with Crippen LogP contribution in [-0.2, 0) is 4.79 Å². The van der Waals surface area contributed by atoms with Crippen molar-refractivity contribution in [3.8, 4) is 0 Å². The molecule has 1 N–H and O–H groups in total. The molecule has 3 aromatic rings. The van der Waals surface area contributed by atoms with E-state index >= 15 is 0 Å². The van der Waals surface area contributed by atoms with Gasteiger partial charge in [-0.15, -0.1) is 0 Å². The van der Waals surface area contributed by atoms with Gasteiger partial charge < -0.3 is 5.32 Å². The number of anilines is 1. The van der Waals surface area contributed by atoms with Gasteiger partial charge in [0.25, 0.3) is 5.56 Å². The zero-order chi connectivity index (χ0) is 16.4. The first kappa shape index (κ1) is 15.2. The van der Waals surface area contributed by atoms with Gasteiger partial charge in [-0.2, -0.15) is 0 Å². The predicted octanol–water partition coefficient (Wildman–Crippen LogP) is 3.25. The van der Waals surface area contributed by atoms with Crippen LogP contribution in [0.2, 0.25) is 5.02 Å². The van der Waals surface area contributed by atoms with Gasteiger partial charge >= 0.3 is 0 Å². The minimum Gasteiger partial charge on any atom is -0.323 e. The molecule has 0 spiro atoms. The van der Waals surface area contributed by atoms with Crippen LogP contribution in [0.1, 0.15) is 13.0 Å². The largest absolute Gasteiger partial charge is 0.323 e. The first-order valence-electron chi connectivity index (χ1n) is 7.09. The molecule has 2 aromatic carbocycles. The van der Waals surface area contributed by atoms with Crippen molar-refractivity contribution in [3.63, 3.8) is 0 Å². The monoisotopic (exact) mass is 327 g/mol. The first-order chi connectivity index (χ1) is 11.1. The van der Waals surface area contributed by atoms with Crippen LogP contribution in [0.3, 0.4) is 0 Å². The van der Waals surface area contributed by atoms with E-state index in [1.807, 2.05) is 6.07 Å². The van der Waals surface area contributed by atoms with Crippen LogP contribution >= 0.6 is 11.6 Å². The highest BCUT2D eigenvalue weighted by atomic mass is 35.5. The summed E-state index contributed by atoms with van der Waals surface area (Å²) in [5.74, 6) is -0.336. The van der Waals surface area contributed by atoms with Crippen molar-refractivity contribution in [1.29, 1.82) is 0 Å². The second kappa shape index (κ2) is 6.22. The Labute approximate surface area is 137 Å². The van der Waals surface area contributed by atoms with Gasteiger partial charge in [-0.3, -0.25) is 14.2 Å². The van der Waals surface area contributed by atoms with Crippen molar-refractivity contribution in [3.05, 3.63) is 70.2 Å². The summed E-state index contributed by atoms with van der Waals surface area (Å²) in [6, 6.07) is 13.3. The normalized spacial score (nSPS) is 12.1. The summed E-state index contributed by atoms with van der Waals surface area (Å²) in [6.07, 6.45) is 1.39. The van der Waals surface area contributed by atoms with Crippen molar-refractivity contribution in [1.82, 2.24) is 9.55 Å². The Bertz CT molecular complexity index is 936. The molecule has 23 heavy (non-hydrogen) atoms. The highest BCUT2D eigenvalue weighted by molar-refractivity contribution is 6.33. The van der Waals surface area contributed by atoms with Crippen LogP contribution in [0.15, 0.2) is 59.7 Å². The number of hydrogen-bond acceptors (Lipinski definition) is 3. The average molecular weight is 328 g/mol. The second-order valence-electron chi connectivity index (χ2n) is 5.12. The number of amides is 1. The molecule has 1 heterocycles. The summed E-state index contributed by atoms with van der Waals surface area (Å²) in [5.41, 5.74) is 0.859. The van der Waals surface area contributed by atoms with Crippen LogP contribution in [0, 0.1) is 0 Å². The molecule has 1 atom stereocenters. The van der Waals surface area contributed by atoms with Crippen molar-refractivity contribution in [2.75, 3.05) is 5.32 Å². The number of rotatable bonds is 3. The molecule has 0 unspecified atom stereocenters. The summed E-state index contributed by atoms with van der Waals surface area (Å²) < 4.78 is 1.31. The molecular formula is C17H14ClN3O2. The lowest BCUT2D eigenvalue weighted by atomic mass is 10.2. The molecule has 5 nitrogen and oxygen atoms in total.